The molecule has 1 aromatic rings. The maximum absolute atomic E-state index is 6.12. The van der Waals surface area contributed by atoms with Gasteiger partial charge >= 0.3 is 0 Å². The first-order chi connectivity index (χ1) is 8.74. The van der Waals surface area contributed by atoms with Crippen LogP contribution in [0, 0.1) is 19.8 Å². The predicted octanol–water partition coefficient (Wildman–Crippen LogP) is 3.52. The Morgan fingerprint density at radius 2 is 2.06 bits per heavy atom. The second kappa shape index (κ2) is 4.93. The van der Waals surface area contributed by atoms with Crippen LogP contribution >= 0.6 is 0 Å². The Balaban J connectivity index is 1.86. The van der Waals surface area contributed by atoms with Gasteiger partial charge in [-0.2, -0.15) is 0 Å². The molecule has 2 fully saturated rings. The minimum Gasteiger partial charge on any atom is -0.493 e. The van der Waals surface area contributed by atoms with Gasteiger partial charge in [0.05, 0.1) is 6.61 Å². The van der Waals surface area contributed by atoms with Crippen molar-refractivity contribution in [2.75, 3.05) is 13.2 Å². The van der Waals surface area contributed by atoms with Crippen LogP contribution in [0.2, 0.25) is 0 Å². The van der Waals surface area contributed by atoms with Gasteiger partial charge in [-0.15, -0.1) is 0 Å². The number of rotatable bonds is 4. The lowest BCUT2D eigenvalue weighted by atomic mass is 9.98. The van der Waals surface area contributed by atoms with Gasteiger partial charge in [0.2, 0.25) is 0 Å². The van der Waals surface area contributed by atoms with Crippen LogP contribution in [0.15, 0.2) is 12.1 Å². The quantitative estimate of drug-likeness (QED) is 0.876. The zero-order chi connectivity index (χ0) is 12.5. The van der Waals surface area contributed by atoms with Gasteiger partial charge in [0.15, 0.2) is 0 Å². The summed E-state index contributed by atoms with van der Waals surface area (Å²) < 4.78 is 6.12. The van der Waals surface area contributed by atoms with Gasteiger partial charge in [-0.1, -0.05) is 17.7 Å². The van der Waals surface area contributed by atoms with Crippen LogP contribution in [-0.2, 0) is 0 Å². The van der Waals surface area contributed by atoms with Crippen molar-refractivity contribution in [3.05, 3.63) is 28.8 Å². The SMILES string of the molecule is Cc1cc(C)c(OCC2CC2)c(C2CCCN2)c1. The third kappa shape index (κ3) is 2.54. The highest BCUT2D eigenvalue weighted by molar-refractivity contribution is 5.45. The highest BCUT2D eigenvalue weighted by Gasteiger charge is 2.25. The van der Waals surface area contributed by atoms with Crippen molar-refractivity contribution in [3.63, 3.8) is 0 Å². The molecule has 1 unspecified atom stereocenters. The van der Waals surface area contributed by atoms with Crippen LogP contribution in [0.5, 0.6) is 5.75 Å². The highest BCUT2D eigenvalue weighted by atomic mass is 16.5. The fourth-order valence-corrected chi connectivity index (χ4v) is 2.88. The van der Waals surface area contributed by atoms with Gasteiger partial charge in [-0.3, -0.25) is 0 Å². The van der Waals surface area contributed by atoms with Gasteiger partial charge in [0, 0.05) is 11.6 Å². The first kappa shape index (κ1) is 12.0. The van der Waals surface area contributed by atoms with E-state index in [4.69, 9.17) is 4.74 Å². The average molecular weight is 245 g/mol. The summed E-state index contributed by atoms with van der Waals surface area (Å²) in [7, 11) is 0. The number of hydrogen-bond donors (Lipinski definition) is 1. The zero-order valence-electron chi connectivity index (χ0n) is 11.5. The van der Waals surface area contributed by atoms with Crippen LogP contribution in [0.25, 0.3) is 0 Å². The topological polar surface area (TPSA) is 21.3 Å². The minimum atomic E-state index is 0.498. The Morgan fingerprint density at radius 1 is 1.22 bits per heavy atom. The summed E-state index contributed by atoms with van der Waals surface area (Å²) in [4.78, 5) is 0. The molecular weight excluding hydrogens is 222 g/mol. The third-order valence-corrected chi connectivity index (χ3v) is 4.04. The summed E-state index contributed by atoms with van der Waals surface area (Å²) in [5.74, 6) is 1.96. The molecule has 1 aromatic carbocycles. The van der Waals surface area contributed by atoms with Crippen molar-refractivity contribution >= 4 is 0 Å². The Kier molecular flexibility index (Phi) is 3.29. The van der Waals surface area contributed by atoms with E-state index in [2.05, 4.69) is 31.3 Å². The third-order valence-electron chi connectivity index (χ3n) is 4.04. The molecule has 98 valence electrons. The first-order valence-electron chi connectivity index (χ1n) is 7.21. The second-order valence-corrected chi connectivity index (χ2v) is 5.90. The molecule has 0 radical (unpaired) electrons. The van der Waals surface area contributed by atoms with E-state index in [1.807, 2.05) is 0 Å². The maximum atomic E-state index is 6.12. The van der Waals surface area contributed by atoms with Gasteiger partial charge in [0.1, 0.15) is 5.75 Å². The number of aryl methyl sites for hydroxylation is 2. The Labute approximate surface area is 110 Å². The molecule has 3 rings (SSSR count). The lowest BCUT2D eigenvalue weighted by Gasteiger charge is -2.19. The van der Waals surface area contributed by atoms with Gasteiger partial charge in [-0.05, 0) is 57.6 Å². The zero-order valence-corrected chi connectivity index (χ0v) is 11.5. The summed E-state index contributed by atoms with van der Waals surface area (Å²) in [6.45, 7) is 6.40. The summed E-state index contributed by atoms with van der Waals surface area (Å²) >= 11 is 0. The maximum Gasteiger partial charge on any atom is 0.126 e. The van der Waals surface area contributed by atoms with E-state index in [-0.39, 0.29) is 0 Å². The summed E-state index contributed by atoms with van der Waals surface area (Å²) in [6.07, 6.45) is 5.21. The van der Waals surface area contributed by atoms with Crippen LogP contribution in [0.1, 0.15) is 48.4 Å². The molecule has 1 saturated carbocycles. The molecule has 2 nitrogen and oxygen atoms in total. The first-order valence-corrected chi connectivity index (χ1v) is 7.21. The molecule has 1 saturated heterocycles. The van der Waals surface area contributed by atoms with Crippen molar-refractivity contribution < 1.29 is 4.74 Å². The fourth-order valence-electron chi connectivity index (χ4n) is 2.88. The molecular formula is C16H23NO. The van der Waals surface area contributed by atoms with E-state index >= 15 is 0 Å². The molecule has 1 aliphatic heterocycles. The van der Waals surface area contributed by atoms with E-state index in [9.17, 15) is 0 Å². The Morgan fingerprint density at radius 3 is 2.72 bits per heavy atom. The molecule has 18 heavy (non-hydrogen) atoms. The van der Waals surface area contributed by atoms with Crippen molar-refractivity contribution in [2.45, 2.75) is 45.6 Å². The normalized spacial score (nSPS) is 23.3. The molecule has 0 bridgehead atoms. The van der Waals surface area contributed by atoms with Crippen molar-refractivity contribution in [1.82, 2.24) is 5.32 Å². The summed E-state index contributed by atoms with van der Waals surface area (Å²) in [5, 5.41) is 3.59. The van der Waals surface area contributed by atoms with Crippen molar-refractivity contribution in [2.24, 2.45) is 5.92 Å². The van der Waals surface area contributed by atoms with Gasteiger partial charge in [0.25, 0.3) is 0 Å². The predicted molar refractivity (Wildman–Crippen MR) is 74.1 cm³/mol. The molecule has 1 aliphatic carbocycles. The molecule has 2 aliphatic rings. The van der Waals surface area contributed by atoms with Crippen molar-refractivity contribution in [3.8, 4) is 5.75 Å². The van der Waals surface area contributed by atoms with E-state index in [0.717, 1.165) is 24.8 Å². The van der Waals surface area contributed by atoms with Gasteiger partial charge in [-0.25, -0.2) is 0 Å². The average Bonchev–Trinajstić information content (AvgIpc) is 3.00. The van der Waals surface area contributed by atoms with Gasteiger partial charge < -0.3 is 10.1 Å². The Bertz CT molecular complexity index is 431. The number of hydrogen-bond acceptors (Lipinski definition) is 2. The lowest BCUT2D eigenvalue weighted by molar-refractivity contribution is 0.292. The van der Waals surface area contributed by atoms with E-state index in [1.54, 1.807) is 0 Å². The molecule has 1 atom stereocenters. The molecule has 0 amide bonds. The molecule has 1 heterocycles. The summed E-state index contributed by atoms with van der Waals surface area (Å²) in [5.41, 5.74) is 4.01. The largest absolute Gasteiger partial charge is 0.493 e. The highest BCUT2D eigenvalue weighted by Crippen LogP contribution is 2.36. The second-order valence-electron chi connectivity index (χ2n) is 5.90. The van der Waals surface area contributed by atoms with Crippen LogP contribution < -0.4 is 10.1 Å². The minimum absolute atomic E-state index is 0.498. The Hall–Kier alpha value is -1.02. The lowest BCUT2D eigenvalue weighted by Crippen LogP contribution is -2.15. The number of ether oxygens (including phenoxy) is 1. The molecule has 2 heteroatoms. The van der Waals surface area contributed by atoms with Crippen LogP contribution in [0.3, 0.4) is 0 Å². The summed E-state index contributed by atoms with van der Waals surface area (Å²) in [6, 6.07) is 5.04. The van der Waals surface area contributed by atoms with Crippen LogP contribution in [0.4, 0.5) is 0 Å². The van der Waals surface area contributed by atoms with Crippen molar-refractivity contribution in [1.29, 1.82) is 0 Å². The monoisotopic (exact) mass is 245 g/mol. The van der Waals surface area contributed by atoms with E-state index in [0.29, 0.717) is 6.04 Å². The molecule has 0 aromatic heterocycles. The smallest absolute Gasteiger partial charge is 0.126 e. The molecule has 0 spiro atoms. The number of benzene rings is 1. The standard InChI is InChI=1S/C16H23NO/c1-11-8-12(2)16(18-10-13-5-6-13)14(9-11)15-4-3-7-17-15/h8-9,13,15,17H,3-7,10H2,1-2H3. The fraction of sp³-hybridized carbons (Fsp3) is 0.625. The van der Waals surface area contributed by atoms with Crippen LogP contribution in [-0.4, -0.2) is 13.2 Å². The number of nitrogens with one attached hydrogen (secondary N) is 1. The molecule has 1 N–H and O–H groups in total. The van der Waals surface area contributed by atoms with E-state index < -0.39 is 0 Å². The van der Waals surface area contributed by atoms with E-state index in [1.165, 1.54) is 42.4 Å².